The van der Waals surface area contributed by atoms with Crippen molar-refractivity contribution in [2.75, 3.05) is 25.1 Å². The van der Waals surface area contributed by atoms with E-state index in [0.29, 0.717) is 11.4 Å². The van der Waals surface area contributed by atoms with Gasteiger partial charge in [-0.25, -0.2) is 0 Å². The van der Waals surface area contributed by atoms with Gasteiger partial charge >= 0.3 is 0 Å². The predicted octanol–water partition coefficient (Wildman–Crippen LogP) is 4.45. The van der Waals surface area contributed by atoms with E-state index in [1.54, 1.807) is 6.07 Å². The molecule has 0 aromatic heterocycles. The van der Waals surface area contributed by atoms with Gasteiger partial charge in [0.15, 0.2) is 5.84 Å². The molecule has 8 nitrogen and oxygen atoms in total. The maximum atomic E-state index is 12.8. The van der Waals surface area contributed by atoms with E-state index in [4.69, 9.17) is 15.6 Å². The number of phenols is 1. The number of nitrogens with zero attached hydrogens (tertiary/aromatic N) is 2. The third-order valence-corrected chi connectivity index (χ3v) is 6.30. The number of methoxy groups -OCH3 is 1. The zero-order valence-electron chi connectivity index (χ0n) is 21.3. The minimum absolute atomic E-state index is 0.0808. The van der Waals surface area contributed by atoms with Crippen LogP contribution >= 0.6 is 0 Å². The van der Waals surface area contributed by atoms with Gasteiger partial charge < -0.3 is 15.2 Å². The molecule has 1 fully saturated rings. The molecule has 1 amide bonds. The number of carbonyl (C=O) groups is 1. The number of phenolic OH excluding ortho intramolecular Hbond substituents is 1. The van der Waals surface area contributed by atoms with Crippen molar-refractivity contribution < 1.29 is 14.6 Å². The molecule has 3 rings (SSSR count). The highest BCUT2D eigenvalue weighted by Crippen LogP contribution is 2.34. The van der Waals surface area contributed by atoms with Gasteiger partial charge in [0.05, 0.1) is 12.7 Å². The normalized spacial score (nSPS) is 13.1. The van der Waals surface area contributed by atoms with Crippen molar-refractivity contribution in [2.45, 2.75) is 59.0 Å². The zero-order chi connectivity index (χ0) is 25.7. The van der Waals surface area contributed by atoms with Crippen molar-refractivity contribution in [1.82, 2.24) is 10.2 Å². The van der Waals surface area contributed by atoms with E-state index in [0.717, 1.165) is 43.6 Å². The number of nitrogens with one attached hydrogen (secondary N) is 3. The van der Waals surface area contributed by atoms with Crippen LogP contribution in [-0.4, -0.2) is 53.8 Å². The number of ether oxygens (including phenoxy) is 1. The Morgan fingerprint density at radius 2 is 1.77 bits per heavy atom. The van der Waals surface area contributed by atoms with Crippen LogP contribution in [-0.2, 0) is 11.3 Å². The second-order valence-corrected chi connectivity index (χ2v) is 9.17. The summed E-state index contributed by atoms with van der Waals surface area (Å²) >= 11 is 0. The van der Waals surface area contributed by atoms with Crippen LogP contribution in [0.15, 0.2) is 36.4 Å². The Morgan fingerprint density at radius 3 is 2.29 bits per heavy atom. The van der Waals surface area contributed by atoms with E-state index in [-0.39, 0.29) is 34.9 Å². The molecule has 4 N–H and O–H groups in total. The monoisotopic (exact) mass is 479 g/mol. The highest BCUT2D eigenvalue weighted by molar-refractivity contribution is 6.48. The maximum Gasteiger partial charge on any atom is 0.287 e. The molecule has 0 aliphatic heterocycles. The fourth-order valence-electron chi connectivity index (χ4n) is 3.93. The number of amidine groups is 2. The number of hydrogen-bond donors (Lipinski definition) is 4. The lowest BCUT2D eigenvalue weighted by Gasteiger charge is -2.27. The predicted molar refractivity (Wildman–Crippen MR) is 140 cm³/mol. The molecule has 1 saturated carbocycles. The van der Waals surface area contributed by atoms with E-state index >= 15 is 0 Å². The van der Waals surface area contributed by atoms with E-state index < -0.39 is 5.91 Å². The van der Waals surface area contributed by atoms with E-state index in [2.05, 4.69) is 24.1 Å². The van der Waals surface area contributed by atoms with E-state index in [1.807, 2.05) is 38.1 Å². The van der Waals surface area contributed by atoms with Gasteiger partial charge in [-0.3, -0.25) is 25.4 Å². The van der Waals surface area contributed by atoms with Crippen molar-refractivity contribution in [3.8, 4) is 11.5 Å². The van der Waals surface area contributed by atoms with Crippen LogP contribution < -0.4 is 15.0 Å². The van der Waals surface area contributed by atoms with Crippen molar-refractivity contribution >= 4 is 23.3 Å². The van der Waals surface area contributed by atoms with Crippen LogP contribution in [0.1, 0.15) is 63.1 Å². The van der Waals surface area contributed by atoms with Gasteiger partial charge in [-0.1, -0.05) is 39.8 Å². The summed E-state index contributed by atoms with van der Waals surface area (Å²) in [5.41, 5.74) is 2.67. The lowest BCUT2D eigenvalue weighted by atomic mass is 9.97. The molecule has 1 aliphatic rings. The first kappa shape index (κ1) is 26.2. The van der Waals surface area contributed by atoms with Gasteiger partial charge in [0.25, 0.3) is 5.91 Å². The van der Waals surface area contributed by atoms with Crippen LogP contribution in [0.25, 0.3) is 0 Å². The standard InChI is InChI=1S/C27H37N5O3/c1-6-31(7-2)16-18-8-12-20(13-9-18)32(26(29)27(34)30-19-10-11-19)25(28)22-14-21(17(3)4)24(35-5)15-23(22)33/h8-9,12-15,17,19,28-29,33H,6-7,10-11,16H2,1-5H3,(H,30,34). The second kappa shape index (κ2) is 11.4. The van der Waals surface area contributed by atoms with Crippen molar-refractivity contribution in [3.05, 3.63) is 53.1 Å². The van der Waals surface area contributed by atoms with Crippen LogP contribution in [0.2, 0.25) is 0 Å². The number of amides is 1. The third kappa shape index (κ3) is 6.19. The summed E-state index contributed by atoms with van der Waals surface area (Å²) in [7, 11) is 1.54. The Morgan fingerprint density at radius 1 is 1.14 bits per heavy atom. The van der Waals surface area contributed by atoms with Crippen LogP contribution in [0.5, 0.6) is 11.5 Å². The van der Waals surface area contributed by atoms with Gasteiger partial charge in [0.2, 0.25) is 0 Å². The second-order valence-electron chi connectivity index (χ2n) is 9.17. The van der Waals surface area contributed by atoms with Crippen LogP contribution in [0.3, 0.4) is 0 Å². The number of hydrogen-bond acceptors (Lipinski definition) is 6. The quantitative estimate of drug-likeness (QED) is 0.313. The first-order valence-electron chi connectivity index (χ1n) is 12.2. The molecule has 188 valence electrons. The summed E-state index contributed by atoms with van der Waals surface area (Å²) in [6.07, 6.45) is 1.79. The minimum Gasteiger partial charge on any atom is -0.507 e. The lowest BCUT2D eigenvalue weighted by molar-refractivity contribution is -0.115. The Balaban J connectivity index is 2.00. The Hall–Kier alpha value is -3.39. The SMILES string of the molecule is CCN(CC)Cc1ccc(N(C(=N)C(=O)NC2CC2)C(=N)c2cc(C(C)C)c(OC)cc2O)cc1. The molecule has 0 spiro atoms. The summed E-state index contributed by atoms with van der Waals surface area (Å²) in [5, 5.41) is 31.2. The summed E-state index contributed by atoms with van der Waals surface area (Å²) < 4.78 is 5.41. The summed E-state index contributed by atoms with van der Waals surface area (Å²) in [6, 6.07) is 10.8. The van der Waals surface area contributed by atoms with Crippen molar-refractivity contribution in [2.24, 2.45) is 0 Å². The molecule has 0 saturated heterocycles. The smallest absolute Gasteiger partial charge is 0.287 e. The highest BCUT2D eigenvalue weighted by Gasteiger charge is 2.31. The van der Waals surface area contributed by atoms with Gasteiger partial charge in [-0.05, 0) is 61.2 Å². The zero-order valence-corrected chi connectivity index (χ0v) is 21.3. The number of carbonyl (C=O) groups excluding carboxylic acids is 1. The van der Waals surface area contributed by atoms with Crippen LogP contribution in [0.4, 0.5) is 5.69 Å². The molecular weight excluding hydrogens is 442 g/mol. The third-order valence-electron chi connectivity index (χ3n) is 6.30. The highest BCUT2D eigenvalue weighted by atomic mass is 16.5. The molecule has 2 aromatic rings. The molecule has 0 heterocycles. The molecular formula is C27H37N5O3. The maximum absolute atomic E-state index is 12.8. The fourth-order valence-corrected chi connectivity index (χ4v) is 3.93. The van der Waals surface area contributed by atoms with Crippen molar-refractivity contribution in [1.29, 1.82) is 10.8 Å². The largest absolute Gasteiger partial charge is 0.507 e. The molecule has 0 radical (unpaired) electrons. The fraction of sp³-hybridized carbons (Fsp3) is 0.444. The van der Waals surface area contributed by atoms with Crippen LogP contribution in [0, 0.1) is 10.8 Å². The van der Waals surface area contributed by atoms with Gasteiger partial charge in [-0.15, -0.1) is 0 Å². The number of rotatable bonds is 9. The number of anilines is 1. The molecule has 8 heteroatoms. The van der Waals surface area contributed by atoms with Crippen molar-refractivity contribution in [3.63, 3.8) is 0 Å². The average Bonchev–Trinajstić information content (AvgIpc) is 3.66. The summed E-state index contributed by atoms with van der Waals surface area (Å²) in [6.45, 7) is 10.9. The first-order valence-corrected chi connectivity index (χ1v) is 12.2. The number of aromatic hydroxyl groups is 1. The average molecular weight is 480 g/mol. The van der Waals surface area contributed by atoms with Gasteiger partial charge in [-0.2, -0.15) is 0 Å². The lowest BCUT2D eigenvalue weighted by Crippen LogP contribution is -2.46. The van der Waals surface area contributed by atoms with E-state index in [9.17, 15) is 9.90 Å². The summed E-state index contributed by atoms with van der Waals surface area (Å²) in [5.74, 6) is -0.582. The summed E-state index contributed by atoms with van der Waals surface area (Å²) in [4.78, 5) is 16.4. The Kier molecular flexibility index (Phi) is 8.51. The number of benzene rings is 2. The van der Waals surface area contributed by atoms with Gasteiger partial charge in [0.1, 0.15) is 17.3 Å². The molecule has 1 aliphatic carbocycles. The van der Waals surface area contributed by atoms with Gasteiger partial charge in [0, 0.05) is 24.3 Å². The topological polar surface area (TPSA) is 113 Å². The minimum atomic E-state index is -0.540. The molecule has 0 unspecified atom stereocenters. The molecule has 0 bridgehead atoms. The Labute approximate surface area is 207 Å². The molecule has 2 aromatic carbocycles. The Bertz CT molecular complexity index is 1070. The molecule has 35 heavy (non-hydrogen) atoms. The molecule has 0 atom stereocenters. The van der Waals surface area contributed by atoms with E-state index in [1.165, 1.54) is 18.1 Å². The first-order chi connectivity index (χ1) is 16.7.